The van der Waals surface area contributed by atoms with Crippen LogP contribution in [0.15, 0.2) is 0 Å². The first-order chi connectivity index (χ1) is 29.7. The molecule has 3 nitrogen and oxygen atoms in total. The summed E-state index contributed by atoms with van der Waals surface area (Å²) in [6.07, 6.45) is 69.2. The second-order valence-corrected chi connectivity index (χ2v) is 20.7. The first-order valence-corrected chi connectivity index (χ1v) is 28.7. The highest BCUT2D eigenvalue weighted by molar-refractivity contribution is 4.86. The van der Waals surface area contributed by atoms with Crippen molar-refractivity contribution >= 4 is 0 Å². The first-order valence-electron chi connectivity index (χ1n) is 28.7. The largest absolute Gasteiger partial charge is 0.378 e. The molecule has 2 aliphatic rings. The molecule has 2 aliphatic carbocycles. The van der Waals surface area contributed by atoms with Crippen molar-refractivity contribution in [1.29, 1.82) is 0 Å². The fourth-order valence-corrected chi connectivity index (χ4v) is 10.8. The van der Waals surface area contributed by atoms with Crippen molar-refractivity contribution < 1.29 is 9.47 Å². The predicted molar refractivity (Wildman–Crippen MR) is 268 cm³/mol. The van der Waals surface area contributed by atoms with Crippen molar-refractivity contribution in [2.24, 2.45) is 0 Å². The van der Waals surface area contributed by atoms with Gasteiger partial charge in [0.15, 0.2) is 0 Å². The molecular weight excluding hydrogens is 731 g/mol. The van der Waals surface area contributed by atoms with E-state index in [4.69, 9.17) is 9.47 Å². The van der Waals surface area contributed by atoms with Crippen LogP contribution in [0.3, 0.4) is 0 Å². The van der Waals surface area contributed by atoms with Crippen LogP contribution in [0.4, 0.5) is 0 Å². The molecular formula is C57H113NO2. The highest BCUT2D eigenvalue weighted by atomic mass is 16.5. The summed E-state index contributed by atoms with van der Waals surface area (Å²) in [5.74, 6) is 0. The Bertz CT molecular complexity index is 751. The summed E-state index contributed by atoms with van der Waals surface area (Å²) in [6.45, 7) is 6.61. The zero-order valence-corrected chi connectivity index (χ0v) is 41.9. The van der Waals surface area contributed by atoms with Crippen molar-refractivity contribution in [2.75, 3.05) is 20.3 Å². The summed E-state index contributed by atoms with van der Waals surface area (Å²) in [6, 6.07) is 1.53. The van der Waals surface area contributed by atoms with Gasteiger partial charge in [0.05, 0.1) is 12.2 Å². The van der Waals surface area contributed by atoms with Gasteiger partial charge in [-0.05, 0) is 71.3 Å². The van der Waals surface area contributed by atoms with Crippen LogP contribution in [-0.4, -0.2) is 49.5 Å². The molecule has 0 unspecified atom stereocenters. The highest BCUT2D eigenvalue weighted by Gasteiger charge is 2.31. The molecule has 0 saturated heterocycles. The quantitative estimate of drug-likeness (QED) is 0.0570. The third-order valence-electron chi connectivity index (χ3n) is 15.1. The molecule has 358 valence electrons. The summed E-state index contributed by atoms with van der Waals surface area (Å²) in [5.41, 5.74) is 0. The van der Waals surface area contributed by atoms with Crippen molar-refractivity contribution in [3.05, 3.63) is 0 Å². The van der Waals surface area contributed by atoms with Crippen molar-refractivity contribution in [3.63, 3.8) is 0 Å². The zero-order valence-electron chi connectivity index (χ0n) is 41.9. The lowest BCUT2D eigenvalue weighted by Crippen LogP contribution is -2.45. The smallest absolute Gasteiger partial charge is 0.0576 e. The Labute approximate surface area is 379 Å². The van der Waals surface area contributed by atoms with Gasteiger partial charge in [-0.2, -0.15) is 0 Å². The molecule has 0 radical (unpaired) electrons. The number of rotatable bonds is 46. The lowest BCUT2D eigenvalue weighted by atomic mass is 9.87. The normalized spacial score (nSPS) is 19.8. The molecule has 0 heterocycles. The maximum absolute atomic E-state index is 6.39. The minimum Gasteiger partial charge on any atom is -0.378 e. The van der Waals surface area contributed by atoms with Gasteiger partial charge in [-0.25, -0.2) is 0 Å². The van der Waals surface area contributed by atoms with Crippen LogP contribution in [0.25, 0.3) is 0 Å². The molecule has 60 heavy (non-hydrogen) atoms. The second kappa shape index (κ2) is 44.1. The molecule has 2 fully saturated rings. The summed E-state index contributed by atoms with van der Waals surface area (Å²) >= 11 is 0. The van der Waals surface area contributed by atoms with Crippen molar-refractivity contribution in [3.8, 4) is 0 Å². The van der Waals surface area contributed by atoms with Gasteiger partial charge in [-0.3, -0.25) is 0 Å². The Morgan fingerprint density at radius 1 is 0.267 bits per heavy atom. The van der Waals surface area contributed by atoms with Crippen LogP contribution in [0.1, 0.15) is 322 Å². The molecule has 2 saturated carbocycles. The number of hydrogen-bond donors (Lipinski definition) is 0. The van der Waals surface area contributed by atoms with E-state index in [0.717, 1.165) is 25.3 Å². The van der Waals surface area contributed by atoms with Crippen LogP contribution in [0.2, 0.25) is 0 Å². The van der Waals surface area contributed by atoms with E-state index in [9.17, 15) is 0 Å². The van der Waals surface area contributed by atoms with E-state index in [1.807, 2.05) is 0 Å². The zero-order chi connectivity index (χ0) is 42.7. The molecule has 0 aromatic heterocycles. The van der Waals surface area contributed by atoms with Gasteiger partial charge in [0.2, 0.25) is 0 Å². The molecule has 0 aromatic carbocycles. The average Bonchev–Trinajstić information content (AvgIpc) is 3.27. The molecule has 3 heteroatoms. The van der Waals surface area contributed by atoms with E-state index in [-0.39, 0.29) is 0 Å². The first kappa shape index (κ1) is 56.0. The average molecular weight is 845 g/mol. The third kappa shape index (κ3) is 34.3. The minimum absolute atomic E-state index is 0.521. The van der Waals surface area contributed by atoms with E-state index in [0.29, 0.717) is 12.2 Å². The number of unbranched alkanes of at least 4 members (excludes halogenated alkanes) is 38. The Morgan fingerprint density at radius 2 is 0.450 bits per heavy atom. The van der Waals surface area contributed by atoms with E-state index in [1.165, 1.54) is 308 Å². The van der Waals surface area contributed by atoms with Gasteiger partial charge in [-0.15, -0.1) is 0 Å². The van der Waals surface area contributed by atoms with Crippen molar-refractivity contribution in [1.82, 2.24) is 4.90 Å². The van der Waals surface area contributed by atoms with Crippen LogP contribution >= 0.6 is 0 Å². The van der Waals surface area contributed by atoms with Gasteiger partial charge in [0, 0.05) is 25.3 Å². The number of ether oxygens (including phenoxy) is 2. The number of nitrogens with zero attached hydrogens (tertiary/aromatic N) is 1. The standard InChI is InChI=1S/C57H113NO2/c1-4-6-8-10-12-14-16-18-20-22-24-26-28-30-32-34-36-38-40-42-52-59-56-48-44-54(45-49-56)58(3)55-46-50-57(51-47-55)60-53-43-41-39-37-35-33-31-29-27-25-23-21-19-17-15-13-11-9-7-5-2/h54-57H,4-53H2,1-3H3. The van der Waals surface area contributed by atoms with Gasteiger partial charge in [0.25, 0.3) is 0 Å². The predicted octanol–water partition coefficient (Wildman–Crippen LogP) is 19.2. The monoisotopic (exact) mass is 844 g/mol. The Morgan fingerprint density at radius 3 is 0.650 bits per heavy atom. The topological polar surface area (TPSA) is 21.7 Å². The highest BCUT2D eigenvalue weighted by Crippen LogP contribution is 2.31. The van der Waals surface area contributed by atoms with Crippen LogP contribution in [-0.2, 0) is 9.47 Å². The minimum atomic E-state index is 0.521. The van der Waals surface area contributed by atoms with E-state index >= 15 is 0 Å². The molecule has 2 rings (SSSR count). The van der Waals surface area contributed by atoms with Gasteiger partial charge in [0.1, 0.15) is 0 Å². The lowest BCUT2D eigenvalue weighted by Gasteiger charge is -2.41. The summed E-state index contributed by atoms with van der Waals surface area (Å²) in [4.78, 5) is 2.77. The number of hydrogen-bond acceptors (Lipinski definition) is 3. The Balaban J connectivity index is 1.27. The summed E-state index contributed by atoms with van der Waals surface area (Å²) in [5, 5.41) is 0. The summed E-state index contributed by atoms with van der Waals surface area (Å²) < 4.78 is 12.8. The molecule has 0 aliphatic heterocycles. The maximum Gasteiger partial charge on any atom is 0.0576 e. The molecule has 0 aromatic rings. The van der Waals surface area contributed by atoms with E-state index in [1.54, 1.807) is 0 Å². The Kier molecular flexibility index (Phi) is 41.2. The third-order valence-corrected chi connectivity index (χ3v) is 15.1. The molecule has 0 amide bonds. The molecule has 0 N–H and O–H groups in total. The second-order valence-electron chi connectivity index (χ2n) is 20.7. The Hall–Kier alpha value is -0.120. The van der Waals surface area contributed by atoms with Gasteiger partial charge in [-0.1, -0.05) is 258 Å². The van der Waals surface area contributed by atoms with E-state index < -0.39 is 0 Å². The molecule has 0 spiro atoms. The van der Waals surface area contributed by atoms with Crippen LogP contribution in [0.5, 0.6) is 0 Å². The van der Waals surface area contributed by atoms with Crippen LogP contribution < -0.4 is 0 Å². The van der Waals surface area contributed by atoms with Crippen molar-refractivity contribution in [2.45, 2.75) is 346 Å². The van der Waals surface area contributed by atoms with Crippen LogP contribution in [0, 0.1) is 0 Å². The molecule has 0 bridgehead atoms. The summed E-state index contributed by atoms with van der Waals surface area (Å²) in [7, 11) is 2.43. The van der Waals surface area contributed by atoms with Gasteiger partial charge < -0.3 is 14.4 Å². The fourth-order valence-electron chi connectivity index (χ4n) is 10.8. The fraction of sp³-hybridized carbons (Fsp3) is 1.00. The lowest BCUT2D eigenvalue weighted by molar-refractivity contribution is -0.0160. The van der Waals surface area contributed by atoms with E-state index in [2.05, 4.69) is 25.8 Å². The maximum atomic E-state index is 6.39. The van der Waals surface area contributed by atoms with Gasteiger partial charge >= 0.3 is 0 Å². The molecule has 0 atom stereocenters. The SMILES string of the molecule is CCCCCCCCCCCCCCCCCCCCCCOC1CCC(N(C)C2CCC(OCCCCCCCCCCCCCCCCCCCCCC)CC2)CC1.